The van der Waals surface area contributed by atoms with Gasteiger partial charge >= 0.3 is 0 Å². The van der Waals surface area contributed by atoms with Crippen molar-refractivity contribution in [1.82, 2.24) is 9.80 Å². The molecular formula is C26H42N2O4. The van der Waals surface area contributed by atoms with E-state index >= 15 is 0 Å². The molecule has 0 aliphatic carbocycles. The summed E-state index contributed by atoms with van der Waals surface area (Å²) in [5.74, 6) is 0.815. The Kier molecular flexibility index (Phi) is 10.6. The molecule has 180 valence electrons. The number of hydrogen-bond donors (Lipinski definition) is 0. The van der Waals surface area contributed by atoms with E-state index < -0.39 is 0 Å². The summed E-state index contributed by atoms with van der Waals surface area (Å²) in [5, 5.41) is 0. The maximum Gasteiger partial charge on any atom is 0.253 e. The Morgan fingerprint density at radius 3 is 1.84 bits per heavy atom. The van der Waals surface area contributed by atoms with Crippen molar-refractivity contribution in [1.29, 1.82) is 0 Å². The largest absolute Gasteiger partial charge is 0.343 e. The quantitative estimate of drug-likeness (QED) is 0.304. The molecule has 6 nitrogen and oxygen atoms in total. The van der Waals surface area contributed by atoms with Crippen molar-refractivity contribution < 1.29 is 19.2 Å². The molecule has 2 heterocycles. The monoisotopic (exact) mass is 446 g/mol. The van der Waals surface area contributed by atoms with E-state index in [1.807, 2.05) is 4.90 Å². The van der Waals surface area contributed by atoms with E-state index in [-0.39, 0.29) is 17.6 Å². The summed E-state index contributed by atoms with van der Waals surface area (Å²) in [6.45, 7) is 9.11. The number of carbonyl (C=O) groups excluding carboxylic acids is 4. The van der Waals surface area contributed by atoms with Gasteiger partial charge in [0, 0.05) is 51.0 Å². The van der Waals surface area contributed by atoms with Crippen molar-refractivity contribution in [2.75, 3.05) is 19.6 Å². The minimum Gasteiger partial charge on any atom is -0.343 e. The van der Waals surface area contributed by atoms with Crippen LogP contribution >= 0.6 is 0 Å². The molecule has 0 bridgehead atoms. The van der Waals surface area contributed by atoms with Crippen molar-refractivity contribution in [3.63, 3.8) is 0 Å². The van der Waals surface area contributed by atoms with Crippen molar-refractivity contribution in [3.05, 3.63) is 12.2 Å². The van der Waals surface area contributed by atoms with Gasteiger partial charge < -0.3 is 4.90 Å². The Labute approximate surface area is 193 Å². The van der Waals surface area contributed by atoms with Gasteiger partial charge in [-0.2, -0.15) is 0 Å². The summed E-state index contributed by atoms with van der Waals surface area (Å²) in [7, 11) is 0. The molecule has 6 heteroatoms. The first-order valence-corrected chi connectivity index (χ1v) is 12.5. The highest BCUT2D eigenvalue weighted by molar-refractivity contribution is 6.12. The number of ketones is 1. The normalized spacial score (nSPS) is 17.5. The van der Waals surface area contributed by atoms with Crippen LogP contribution in [0.25, 0.3) is 0 Å². The van der Waals surface area contributed by atoms with Crippen LogP contribution in [0.3, 0.4) is 0 Å². The molecule has 2 rings (SSSR count). The first-order chi connectivity index (χ1) is 15.2. The second-order valence-corrected chi connectivity index (χ2v) is 10.4. The van der Waals surface area contributed by atoms with Crippen LogP contribution in [0.15, 0.2) is 12.2 Å². The lowest BCUT2D eigenvalue weighted by atomic mass is 9.75. The molecule has 0 atom stereocenters. The number of imide groups is 1. The number of hydrogen-bond acceptors (Lipinski definition) is 4. The van der Waals surface area contributed by atoms with Crippen LogP contribution in [0, 0.1) is 11.3 Å². The molecule has 0 aromatic carbocycles. The van der Waals surface area contributed by atoms with E-state index in [0.717, 1.165) is 70.9 Å². The topological polar surface area (TPSA) is 74.8 Å². The molecule has 32 heavy (non-hydrogen) atoms. The lowest BCUT2D eigenvalue weighted by Crippen LogP contribution is -2.41. The standard InChI is InChI=1S/C26H42N2O4/c1-26(2,3)21-16-19-27(20-17-21)23(30)13-9-5-4-7-11-22(29)12-8-6-10-18-28-24(31)14-15-25(28)32/h14-15,21H,4-13,16-20H2,1-3H3. The highest BCUT2D eigenvalue weighted by Gasteiger charge is 2.30. The summed E-state index contributed by atoms with van der Waals surface area (Å²) in [5.41, 5.74) is 0.332. The lowest BCUT2D eigenvalue weighted by Gasteiger charge is -2.38. The number of piperidine rings is 1. The number of Topliss-reactive ketones (excluding diaryl/α,β-unsaturated/α-hetero) is 1. The SMILES string of the molecule is CC(C)(C)C1CCN(C(=O)CCCCCCC(=O)CCCCCN2C(=O)C=CC2=O)CC1. The third kappa shape index (κ3) is 8.87. The summed E-state index contributed by atoms with van der Waals surface area (Å²) in [4.78, 5) is 50.6. The van der Waals surface area contributed by atoms with E-state index in [1.54, 1.807) is 0 Å². The fourth-order valence-electron chi connectivity index (χ4n) is 4.65. The zero-order valence-electron chi connectivity index (χ0n) is 20.4. The number of nitrogens with zero attached hydrogens (tertiary/aromatic N) is 2. The Bertz CT molecular complexity index is 666. The van der Waals surface area contributed by atoms with Gasteiger partial charge in [-0.25, -0.2) is 0 Å². The number of rotatable bonds is 13. The summed E-state index contributed by atoms with van der Waals surface area (Å²) >= 11 is 0. The molecule has 0 radical (unpaired) electrons. The van der Waals surface area contributed by atoms with Crippen molar-refractivity contribution in [2.24, 2.45) is 11.3 Å². The minimum absolute atomic E-state index is 0.238. The van der Waals surface area contributed by atoms with E-state index in [0.29, 0.717) is 43.0 Å². The Balaban J connectivity index is 1.42. The number of amides is 3. The zero-order chi connectivity index (χ0) is 23.6. The predicted octanol–water partition coefficient (Wildman–Crippen LogP) is 4.67. The Hall–Kier alpha value is -1.98. The molecule has 1 fully saturated rings. The molecule has 0 unspecified atom stereocenters. The predicted molar refractivity (Wildman–Crippen MR) is 126 cm³/mol. The molecule has 0 saturated carbocycles. The average Bonchev–Trinajstić information content (AvgIpc) is 3.07. The molecule has 0 aromatic heterocycles. The van der Waals surface area contributed by atoms with Crippen LogP contribution in [0.4, 0.5) is 0 Å². The molecular weight excluding hydrogens is 404 g/mol. The van der Waals surface area contributed by atoms with Crippen LogP contribution in [0.5, 0.6) is 0 Å². The van der Waals surface area contributed by atoms with Crippen molar-refractivity contribution >= 4 is 23.5 Å². The molecule has 0 N–H and O–H groups in total. The Morgan fingerprint density at radius 1 is 0.812 bits per heavy atom. The van der Waals surface area contributed by atoms with Gasteiger partial charge in [-0.1, -0.05) is 40.0 Å². The number of unbranched alkanes of at least 4 members (excludes halogenated alkanes) is 5. The molecule has 0 spiro atoms. The highest BCUT2D eigenvalue weighted by atomic mass is 16.2. The molecule has 2 aliphatic heterocycles. The Morgan fingerprint density at radius 2 is 1.31 bits per heavy atom. The van der Waals surface area contributed by atoms with Gasteiger partial charge in [0.1, 0.15) is 5.78 Å². The van der Waals surface area contributed by atoms with Crippen LogP contribution in [0.1, 0.15) is 97.8 Å². The van der Waals surface area contributed by atoms with Gasteiger partial charge in [-0.05, 0) is 49.9 Å². The van der Waals surface area contributed by atoms with E-state index in [1.165, 1.54) is 17.1 Å². The fraction of sp³-hybridized carbons (Fsp3) is 0.769. The van der Waals surface area contributed by atoms with Crippen LogP contribution in [-0.2, 0) is 19.2 Å². The van der Waals surface area contributed by atoms with E-state index in [2.05, 4.69) is 20.8 Å². The van der Waals surface area contributed by atoms with Gasteiger partial charge in [0.2, 0.25) is 5.91 Å². The van der Waals surface area contributed by atoms with Gasteiger partial charge in [-0.3, -0.25) is 24.1 Å². The fourth-order valence-corrected chi connectivity index (χ4v) is 4.65. The maximum absolute atomic E-state index is 12.4. The molecule has 1 saturated heterocycles. The summed E-state index contributed by atoms with van der Waals surface area (Å²) in [6.07, 6.45) is 12.9. The van der Waals surface area contributed by atoms with Crippen molar-refractivity contribution in [3.8, 4) is 0 Å². The van der Waals surface area contributed by atoms with E-state index in [9.17, 15) is 19.2 Å². The third-order valence-electron chi connectivity index (χ3n) is 6.91. The first-order valence-electron chi connectivity index (χ1n) is 12.5. The third-order valence-corrected chi connectivity index (χ3v) is 6.91. The van der Waals surface area contributed by atoms with Crippen LogP contribution < -0.4 is 0 Å². The average molecular weight is 447 g/mol. The highest BCUT2D eigenvalue weighted by Crippen LogP contribution is 2.34. The molecule has 2 aliphatic rings. The second-order valence-electron chi connectivity index (χ2n) is 10.4. The van der Waals surface area contributed by atoms with Crippen molar-refractivity contribution in [2.45, 2.75) is 97.8 Å². The molecule has 0 aromatic rings. The second kappa shape index (κ2) is 12.9. The van der Waals surface area contributed by atoms with Crippen LogP contribution in [0.2, 0.25) is 0 Å². The number of carbonyl (C=O) groups is 4. The molecule has 3 amide bonds. The smallest absolute Gasteiger partial charge is 0.253 e. The maximum atomic E-state index is 12.4. The zero-order valence-corrected chi connectivity index (χ0v) is 20.4. The first kappa shape index (κ1) is 26.3. The summed E-state index contributed by atoms with van der Waals surface area (Å²) in [6, 6.07) is 0. The lowest BCUT2D eigenvalue weighted by molar-refractivity contribution is -0.137. The van der Waals surface area contributed by atoms with Crippen LogP contribution in [-0.4, -0.2) is 52.9 Å². The van der Waals surface area contributed by atoms with Gasteiger partial charge in [0.05, 0.1) is 0 Å². The van der Waals surface area contributed by atoms with Gasteiger partial charge in [-0.15, -0.1) is 0 Å². The minimum atomic E-state index is -0.238. The van der Waals surface area contributed by atoms with Gasteiger partial charge in [0.25, 0.3) is 11.8 Å². The summed E-state index contributed by atoms with van der Waals surface area (Å²) < 4.78 is 0. The van der Waals surface area contributed by atoms with Gasteiger partial charge in [0.15, 0.2) is 0 Å². The van der Waals surface area contributed by atoms with E-state index in [4.69, 9.17) is 0 Å². The number of likely N-dealkylation sites (tertiary alicyclic amines) is 1.